The molecule has 0 saturated carbocycles. The van der Waals surface area contributed by atoms with Gasteiger partial charge in [0.1, 0.15) is 0 Å². The summed E-state index contributed by atoms with van der Waals surface area (Å²) in [5, 5.41) is 14.1. The van der Waals surface area contributed by atoms with E-state index in [9.17, 15) is 19.7 Å². The number of hydrogen-bond acceptors (Lipinski definition) is 7. The molecule has 0 fully saturated rings. The second kappa shape index (κ2) is 7.50. The fourth-order valence-electron chi connectivity index (χ4n) is 2.50. The number of aromatic nitrogens is 2. The summed E-state index contributed by atoms with van der Waals surface area (Å²) >= 11 is 2.72. The Hall–Kier alpha value is -2.33. The minimum absolute atomic E-state index is 0.0400. The van der Waals surface area contributed by atoms with E-state index in [1.807, 2.05) is 0 Å². The van der Waals surface area contributed by atoms with Crippen LogP contribution in [-0.2, 0) is 18.3 Å². The van der Waals surface area contributed by atoms with E-state index >= 15 is 0 Å². The van der Waals surface area contributed by atoms with Crippen LogP contribution in [0, 0.1) is 10.1 Å². The predicted octanol–water partition coefficient (Wildman–Crippen LogP) is 2.46. The fourth-order valence-corrected chi connectivity index (χ4v) is 4.43. The van der Waals surface area contributed by atoms with Crippen molar-refractivity contribution in [1.82, 2.24) is 9.55 Å². The SMILES string of the molecule is CC1Cc2nc(SCC(=O)Nc3ccc([N+](=O)[O-])cc3)n(C)c(=O)c2S1. The Morgan fingerprint density at radius 2 is 2.15 bits per heavy atom. The molecule has 0 radical (unpaired) electrons. The van der Waals surface area contributed by atoms with Crippen LogP contribution in [0.5, 0.6) is 0 Å². The summed E-state index contributed by atoms with van der Waals surface area (Å²) < 4.78 is 1.47. The quantitative estimate of drug-likeness (QED) is 0.360. The molecule has 8 nitrogen and oxygen atoms in total. The number of amides is 1. The number of anilines is 1. The van der Waals surface area contributed by atoms with Crippen LogP contribution in [0.3, 0.4) is 0 Å². The zero-order valence-electron chi connectivity index (χ0n) is 14.1. The van der Waals surface area contributed by atoms with Gasteiger partial charge in [-0.25, -0.2) is 4.98 Å². The largest absolute Gasteiger partial charge is 0.325 e. The molecule has 136 valence electrons. The molecule has 3 rings (SSSR count). The van der Waals surface area contributed by atoms with E-state index in [-0.39, 0.29) is 22.9 Å². The highest BCUT2D eigenvalue weighted by molar-refractivity contribution is 8.00. The highest BCUT2D eigenvalue weighted by atomic mass is 32.2. The summed E-state index contributed by atoms with van der Waals surface area (Å²) in [7, 11) is 1.65. The standard InChI is InChI=1S/C16H16N4O4S2/c1-9-7-12-14(26-9)15(22)19(2)16(18-12)25-8-13(21)17-10-3-5-11(6-4-10)20(23)24/h3-6,9H,7-8H2,1-2H3,(H,17,21). The average molecular weight is 392 g/mol. The van der Waals surface area contributed by atoms with Crippen molar-refractivity contribution in [1.29, 1.82) is 0 Å². The number of carbonyl (C=O) groups excluding carboxylic acids is 1. The van der Waals surface area contributed by atoms with Gasteiger partial charge in [-0.15, -0.1) is 11.8 Å². The molecular weight excluding hydrogens is 376 g/mol. The van der Waals surface area contributed by atoms with Crippen molar-refractivity contribution in [3.8, 4) is 0 Å². The van der Waals surface area contributed by atoms with Crippen molar-refractivity contribution in [2.45, 2.75) is 28.6 Å². The lowest BCUT2D eigenvalue weighted by Gasteiger charge is -2.09. The highest BCUT2D eigenvalue weighted by Crippen LogP contribution is 2.33. The topological polar surface area (TPSA) is 107 Å². The molecule has 2 aromatic rings. The van der Waals surface area contributed by atoms with Crippen molar-refractivity contribution >= 4 is 40.8 Å². The minimum atomic E-state index is -0.499. The average Bonchev–Trinajstić information content (AvgIpc) is 2.98. The third-order valence-corrected chi connectivity index (χ3v) is 6.02. The summed E-state index contributed by atoms with van der Waals surface area (Å²) in [4.78, 5) is 39.8. The van der Waals surface area contributed by atoms with Gasteiger partial charge in [0.05, 0.1) is 21.3 Å². The monoisotopic (exact) mass is 392 g/mol. The number of nitrogens with zero attached hydrogens (tertiary/aromatic N) is 3. The number of non-ortho nitro benzene ring substituents is 1. The maximum atomic E-state index is 12.4. The van der Waals surface area contributed by atoms with Crippen LogP contribution in [0.2, 0.25) is 0 Å². The van der Waals surface area contributed by atoms with Gasteiger partial charge in [-0.05, 0) is 12.1 Å². The maximum absolute atomic E-state index is 12.4. The number of thioether (sulfide) groups is 2. The Bertz CT molecular complexity index is 927. The van der Waals surface area contributed by atoms with Crippen molar-refractivity contribution in [2.75, 3.05) is 11.1 Å². The summed E-state index contributed by atoms with van der Waals surface area (Å²) in [5.41, 5.74) is 1.15. The first-order valence-corrected chi connectivity index (χ1v) is 9.65. The van der Waals surface area contributed by atoms with E-state index in [1.165, 1.54) is 52.4 Å². The lowest BCUT2D eigenvalue weighted by atomic mass is 10.2. The van der Waals surface area contributed by atoms with Crippen LogP contribution in [0.4, 0.5) is 11.4 Å². The fraction of sp³-hybridized carbons (Fsp3) is 0.312. The molecule has 1 N–H and O–H groups in total. The maximum Gasteiger partial charge on any atom is 0.269 e. The molecule has 0 saturated heterocycles. The molecule has 0 spiro atoms. The van der Waals surface area contributed by atoms with Gasteiger partial charge in [0, 0.05) is 36.5 Å². The van der Waals surface area contributed by atoms with Gasteiger partial charge in [-0.2, -0.15) is 0 Å². The smallest absolute Gasteiger partial charge is 0.269 e. The number of nitrogens with one attached hydrogen (secondary N) is 1. The van der Waals surface area contributed by atoms with E-state index in [2.05, 4.69) is 17.2 Å². The third kappa shape index (κ3) is 3.91. The number of carbonyl (C=O) groups is 1. The lowest BCUT2D eigenvalue weighted by molar-refractivity contribution is -0.384. The van der Waals surface area contributed by atoms with Crippen LogP contribution < -0.4 is 10.9 Å². The van der Waals surface area contributed by atoms with Crippen molar-refractivity contribution in [2.24, 2.45) is 7.05 Å². The number of fused-ring (bicyclic) bond motifs is 1. The van der Waals surface area contributed by atoms with Gasteiger partial charge in [-0.3, -0.25) is 24.3 Å². The molecule has 10 heteroatoms. The second-order valence-corrected chi connectivity index (χ2v) is 8.20. The van der Waals surface area contributed by atoms with Crippen LogP contribution >= 0.6 is 23.5 Å². The second-order valence-electron chi connectivity index (χ2n) is 5.81. The first kappa shape index (κ1) is 18.5. The van der Waals surface area contributed by atoms with E-state index in [0.29, 0.717) is 21.0 Å². The Morgan fingerprint density at radius 3 is 2.81 bits per heavy atom. The van der Waals surface area contributed by atoms with Crippen molar-refractivity contribution < 1.29 is 9.72 Å². The molecule has 1 atom stereocenters. The van der Waals surface area contributed by atoms with Crippen LogP contribution in [-0.4, -0.2) is 31.4 Å². The van der Waals surface area contributed by atoms with Crippen LogP contribution in [0.1, 0.15) is 12.6 Å². The zero-order chi connectivity index (χ0) is 18.8. The van der Waals surface area contributed by atoms with E-state index in [0.717, 1.165) is 12.1 Å². The van der Waals surface area contributed by atoms with E-state index in [1.54, 1.807) is 7.05 Å². The molecular formula is C16H16N4O4S2. The zero-order valence-corrected chi connectivity index (χ0v) is 15.7. The Balaban J connectivity index is 1.65. The molecule has 26 heavy (non-hydrogen) atoms. The van der Waals surface area contributed by atoms with Gasteiger partial charge >= 0.3 is 0 Å². The number of rotatable bonds is 5. The Morgan fingerprint density at radius 1 is 1.46 bits per heavy atom. The molecule has 1 aromatic heterocycles. The predicted molar refractivity (Wildman–Crippen MR) is 101 cm³/mol. The summed E-state index contributed by atoms with van der Waals surface area (Å²) in [5.74, 6) is -0.194. The first-order chi connectivity index (χ1) is 12.3. The van der Waals surface area contributed by atoms with Crippen molar-refractivity contribution in [3.63, 3.8) is 0 Å². The molecule has 1 amide bonds. The molecule has 0 bridgehead atoms. The van der Waals surface area contributed by atoms with Crippen LogP contribution in [0.15, 0.2) is 39.1 Å². The van der Waals surface area contributed by atoms with Crippen molar-refractivity contribution in [3.05, 3.63) is 50.4 Å². The van der Waals surface area contributed by atoms with Gasteiger partial charge < -0.3 is 5.32 Å². The van der Waals surface area contributed by atoms with Gasteiger partial charge in [0.15, 0.2) is 5.16 Å². The molecule has 1 aromatic carbocycles. The molecule has 0 aliphatic carbocycles. The number of nitro benzene ring substituents is 1. The normalized spacial score (nSPS) is 15.5. The van der Waals surface area contributed by atoms with Gasteiger partial charge in [-0.1, -0.05) is 18.7 Å². The first-order valence-electron chi connectivity index (χ1n) is 7.79. The van der Waals surface area contributed by atoms with Gasteiger partial charge in [0.2, 0.25) is 5.91 Å². The summed E-state index contributed by atoms with van der Waals surface area (Å²) in [6.07, 6.45) is 0.749. The Kier molecular flexibility index (Phi) is 5.33. The minimum Gasteiger partial charge on any atom is -0.325 e. The van der Waals surface area contributed by atoms with Gasteiger partial charge in [0.25, 0.3) is 11.2 Å². The van der Waals surface area contributed by atoms with E-state index in [4.69, 9.17) is 0 Å². The number of nitro groups is 1. The lowest BCUT2D eigenvalue weighted by Crippen LogP contribution is -2.23. The number of hydrogen-bond donors (Lipinski definition) is 1. The summed E-state index contributed by atoms with van der Waals surface area (Å²) in [6.45, 7) is 2.05. The molecule has 1 unspecified atom stereocenters. The summed E-state index contributed by atoms with van der Waals surface area (Å²) in [6, 6.07) is 5.60. The molecule has 2 heterocycles. The molecule has 1 aliphatic rings. The van der Waals surface area contributed by atoms with Crippen LogP contribution in [0.25, 0.3) is 0 Å². The van der Waals surface area contributed by atoms with E-state index < -0.39 is 4.92 Å². The third-order valence-electron chi connectivity index (χ3n) is 3.77. The highest BCUT2D eigenvalue weighted by Gasteiger charge is 2.25. The Labute approximate surface area is 157 Å². The molecule has 1 aliphatic heterocycles. The number of benzene rings is 1.